The largest absolute Gasteiger partial charge is 0.383 e. The van der Waals surface area contributed by atoms with E-state index in [0.717, 1.165) is 31.8 Å². The Morgan fingerprint density at radius 2 is 2.19 bits per heavy atom. The van der Waals surface area contributed by atoms with Gasteiger partial charge in [-0.15, -0.1) is 0 Å². The van der Waals surface area contributed by atoms with Crippen LogP contribution in [0.5, 0.6) is 0 Å². The molecule has 0 saturated carbocycles. The number of nitrogens with zero attached hydrogens (tertiary/aromatic N) is 1. The first-order valence-corrected chi connectivity index (χ1v) is 8.84. The number of carbonyl (C=O) groups excluding carboxylic acids is 1. The second-order valence-corrected chi connectivity index (χ2v) is 6.37. The van der Waals surface area contributed by atoms with Gasteiger partial charge in [-0.25, -0.2) is 0 Å². The normalized spacial score (nSPS) is 16.3. The fourth-order valence-electron chi connectivity index (χ4n) is 2.56. The highest BCUT2D eigenvalue weighted by atomic mass is 32.2. The van der Waals surface area contributed by atoms with E-state index < -0.39 is 6.10 Å². The molecule has 4 nitrogen and oxygen atoms in total. The van der Waals surface area contributed by atoms with Crippen molar-refractivity contribution in [2.24, 2.45) is 0 Å². The molecule has 0 unspecified atom stereocenters. The van der Waals surface area contributed by atoms with Gasteiger partial charge < -0.3 is 10.4 Å². The molecule has 0 aromatic heterocycles. The molecule has 1 aromatic carbocycles. The summed E-state index contributed by atoms with van der Waals surface area (Å²) in [6.45, 7) is 3.40. The molecule has 0 saturated heterocycles. The molecule has 0 spiro atoms. The van der Waals surface area contributed by atoms with Gasteiger partial charge in [0.15, 0.2) is 0 Å². The standard InChI is InChI=1S/C16H24N2O2S/c1-21-11-7-15(19)16(20)17-8-10-18-9-6-13-4-2-3-5-14(13)12-18/h2-5,15,19H,6-12H2,1H3,(H,17,20)/t15-/m0/s1. The lowest BCUT2D eigenvalue weighted by atomic mass is 10.00. The molecule has 2 N–H and O–H groups in total. The molecule has 5 heteroatoms. The molecule has 116 valence electrons. The maximum atomic E-state index is 11.7. The highest BCUT2D eigenvalue weighted by Gasteiger charge is 2.17. The Bertz CT molecular complexity index is 467. The number of benzene rings is 1. The third-order valence-electron chi connectivity index (χ3n) is 3.84. The van der Waals surface area contributed by atoms with Gasteiger partial charge >= 0.3 is 0 Å². The van der Waals surface area contributed by atoms with Crippen molar-refractivity contribution in [3.63, 3.8) is 0 Å². The van der Waals surface area contributed by atoms with Gasteiger partial charge in [0.1, 0.15) is 6.10 Å². The lowest BCUT2D eigenvalue weighted by Crippen LogP contribution is -2.41. The zero-order chi connectivity index (χ0) is 15.1. The van der Waals surface area contributed by atoms with Crippen LogP contribution in [0.4, 0.5) is 0 Å². The Balaban J connectivity index is 1.69. The molecule has 0 aliphatic carbocycles. The average molecular weight is 308 g/mol. The second kappa shape index (κ2) is 8.41. The number of thioether (sulfide) groups is 1. The van der Waals surface area contributed by atoms with Gasteiger partial charge in [0.2, 0.25) is 5.91 Å². The van der Waals surface area contributed by atoms with Crippen LogP contribution < -0.4 is 5.32 Å². The number of fused-ring (bicyclic) bond motifs is 1. The van der Waals surface area contributed by atoms with Crippen molar-refractivity contribution in [1.29, 1.82) is 0 Å². The van der Waals surface area contributed by atoms with E-state index in [9.17, 15) is 9.90 Å². The first-order chi connectivity index (χ1) is 10.2. The number of aliphatic hydroxyl groups is 1. The van der Waals surface area contributed by atoms with Crippen LogP contribution in [0.15, 0.2) is 24.3 Å². The summed E-state index contributed by atoms with van der Waals surface area (Å²) in [5.41, 5.74) is 2.82. The van der Waals surface area contributed by atoms with Gasteiger partial charge in [0.05, 0.1) is 0 Å². The first kappa shape index (κ1) is 16.3. The topological polar surface area (TPSA) is 52.6 Å². The summed E-state index contributed by atoms with van der Waals surface area (Å²) >= 11 is 1.64. The van der Waals surface area contributed by atoms with Crippen molar-refractivity contribution in [2.75, 3.05) is 31.6 Å². The van der Waals surface area contributed by atoms with Crippen LogP contribution in [0, 0.1) is 0 Å². The number of hydrogen-bond donors (Lipinski definition) is 2. The number of aliphatic hydroxyl groups excluding tert-OH is 1. The summed E-state index contributed by atoms with van der Waals surface area (Å²) in [5.74, 6) is 0.554. The van der Waals surface area contributed by atoms with Gasteiger partial charge in [-0.2, -0.15) is 11.8 Å². The summed E-state index contributed by atoms with van der Waals surface area (Å²) in [7, 11) is 0. The Morgan fingerprint density at radius 1 is 1.43 bits per heavy atom. The van der Waals surface area contributed by atoms with Gasteiger partial charge in [-0.1, -0.05) is 24.3 Å². The SMILES string of the molecule is CSCC[C@H](O)C(=O)NCCN1CCc2ccccc2C1. The zero-order valence-electron chi connectivity index (χ0n) is 12.5. The van der Waals surface area contributed by atoms with E-state index in [1.165, 1.54) is 11.1 Å². The molecule has 2 rings (SSSR count). The summed E-state index contributed by atoms with van der Waals surface area (Å²) in [6, 6.07) is 8.53. The van der Waals surface area contributed by atoms with Crippen LogP contribution >= 0.6 is 11.8 Å². The molecular weight excluding hydrogens is 284 g/mol. The van der Waals surface area contributed by atoms with Crippen molar-refractivity contribution in [1.82, 2.24) is 10.2 Å². The first-order valence-electron chi connectivity index (χ1n) is 7.44. The molecule has 0 radical (unpaired) electrons. The summed E-state index contributed by atoms with van der Waals surface area (Å²) < 4.78 is 0. The van der Waals surface area contributed by atoms with Crippen LogP contribution in [0.25, 0.3) is 0 Å². The molecule has 1 aromatic rings. The van der Waals surface area contributed by atoms with Gasteiger partial charge in [-0.05, 0) is 36.0 Å². The molecule has 1 heterocycles. The van der Waals surface area contributed by atoms with Crippen molar-refractivity contribution in [3.05, 3.63) is 35.4 Å². The molecule has 1 atom stereocenters. The molecule has 0 bridgehead atoms. The van der Waals surface area contributed by atoms with E-state index in [0.29, 0.717) is 13.0 Å². The Morgan fingerprint density at radius 3 is 2.95 bits per heavy atom. The number of amides is 1. The van der Waals surface area contributed by atoms with Crippen LogP contribution in [-0.4, -0.2) is 53.7 Å². The lowest BCUT2D eigenvalue weighted by molar-refractivity contribution is -0.129. The number of hydrogen-bond acceptors (Lipinski definition) is 4. The molecule has 1 amide bonds. The van der Waals surface area contributed by atoms with Crippen LogP contribution in [-0.2, 0) is 17.8 Å². The third kappa shape index (κ3) is 5.02. The van der Waals surface area contributed by atoms with Crippen LogP contribution in [0.3, 0.4) is 0 Å². The number of nitrogens with one attached hydrogen (secondary N) is 1. The maximum Gasteiger partial charge on any atom is 0.248 e. The minimum atomic E-state index is -0.875. The van der Waals surface area contributed by atoms with E-state index in [1.54, 1.807) is 11.8 Å². The summed E-state index contributed by atoms with van der Waals surface area (Å²) in [4.78, 5) is 14.0. The van der Waals surface area contributed by atoms with E-state index in [1.807, 2.05) is 6.26 Å². The highest BCUT2D eigenvalue weighted by molar-refractivity contribution is 7.98. The van der Waals surface area contributed by atoms with Crippen LogP contribution in [0.2, 0.25) is 0 Å². The number of carbonyl (C=O) groups is 1. The van der Waals surface area contributed by atoms with Crippen LogP contribution in [0.1, 0.15) is 17.5 Å². The monoisotopic (exact) mass is 308 g/mol. The van der Waals surface area contributed by atoms with Gasteiger partial charge in [0.25, 0.3) is 0 Å². The Kier molecular flexibility index (Phi) is 6.54. The molecule has 1 aliphatic heterocycles. The fourth-order valence-corrected chi connectivity index (χ4v) is 3.02. The molecule has 21 heavy (non-hydrogen) atoms. The second-order valence-electron chi connectivity index (χ2n) is 5.38. The van der Waals surface area contributed by atoms with E-state index in [4.69, 9.17) is 0 Å². The van der Waals surface area contributed by atoms with E-state index in [-0.39, 0.29) is 5.91 Å². The molecule has 0 fully saturated rings. The summed E-state index contributed by atoms with van der Waals surface area (Å²) in [5, 5.41) is 12.5. The highest BCUT2D eigenvalue weighted by Crippen LogP contribution is 2.17. The van der Waals surface area contributed by atoms with Gasteiger partial charge in [-0.3, -0.25) is 9.69 Å². The molecule has 1 aliphatic rings. The van der Waals surface area contributed by atoms with Crippen molar-refractivity contribution in [3.8, 4) is 0 Å². The predicted molar refractivity (Wildman–Crippen MR) is 87.4 cm³/mol. The molecular formula is C16H24N2O2S. The van der Waals surface area contributed by atoms with Crippen molar-refractivity contribution in [2.45, 2.75) is 25.5 Å². The Labute approximate surface area is 130 Å². The third-order valence-corrected chi connectivity index (χ3v) is 4.48. The predicted octanol–water partition coefficient (Wildman–Crippen LogP) is 1.27. The summed E-state index contributed by atoms with van der Waals surface area (Å²) in [6.07, 6.45) is 2.68. The fraction of sp³-hybridized carbons (Fsp3) is 0.562. The average Bonchev–Trinajstić information content (AvgIpc) is 2.52. The van der Waals surface area contributed by atoms with Gasteiger partial charge in [0, 0.05) is 26.2 Å². The smallest absolute Gasteiger partial charge is 0.248 e. The van der Waals surface area contributed by atoms with Crippen molar-refractivity contribution < 1.29 is 9.90 Å². The quantitative estimate of drug-likeness (QED) is 0.797. The number of rotatable bonds is 7. The Hall–Kier alpha value is -1.04. The minimum Gasteiger partial charge on any atom is -0.383 e. The lowest BCUT2D eigenvalue weighted by Gasteiger charge is -2.28. The maximum absolute atomic E-state index is 11.7. The van der Waals surface area contributed by atoms with Crippen molar-refractivity contribution >= 4 is 17.7 Å². The van der Waals surface area contributed by atoms with E-state index in [2.05, 4.69) is 34.5 Å². The van der Waals surface area contributed by atoms with E-state index >= 15 is 0 Å². The minimum absolute atomic E-state index is 0.249. The zero-order valence-corrected chi connectivity index (χ0v) is 13.4.